The van der Waals surface area contributed by atoms with Crippen LogP contribution in [0.3, 0.4) is 0 Å². The molecule has 2 bridgehead atoms. The third-order valence-electron chi connectivity index (χ3n) is 5.22. The molecule has 3 aliphatic rings. The van der Waals surface area contributed by atoms with Gasteiger partial charge in [-0.25, -0.2) is 0 Å². The summed E-state index contributed by atoms with van der Waals surface area (Å²) in [6.45, 7) is 11.4. The van der Waals surface area contributed by atoms with Crippen LogP contribution in [0, 0.1) is 23.2 Å². The highest BCUT2D eigenvalue weighted by Crippen LogP contribution is 2.65. The molecule has 0 radical (unpaired) electrons. The van der Waals surface area contributed by atoms with Gasteiger partial charge in [-0.15, -0.1) is 0 Å². The highest BCUT2D eigenvalue weighted by molar-refractivity contribution is 5.47. The number of fused-ring (bicyclic) bond motifs is 1. The quantitative estimate of drug-likeness (QED) is 0.506. The first-order valence-corrected chi connectivity index (χ1v) is 5.62. The molecule has 0 N–H and O–H groups in total. The van der Waals surface area contributed by atoms with Crippen molar-refractivity contribution >= 4 is 0 Å². The molecule has 4 atom stereocenters. The zero-order valence-electron chi connectivity index (χ0n) is 9.30. The van der Waals surface area contributed by atoms with Gasteiger partial charge in [-0.1, -0.05) is 42.4 Å². The van der Waals surface area contributed by atoms with Gasteiger partial charge in [0, 0.05) is 11.3 Å². The van der Waals surface area contributed by atoms with Crippen LogP contribution in [0.5, 0.6) is 0 Å². The van der Waals surface area contributed by atoms with E-state index in [0.29, 0.717) is 11.3 Å². The molecule has 0 unspecified atom stereocenters. The summed E-state index contributed by atoms with van der Waals surface area (Å²) in [5.41, 5.74) is 5.00. The molecule has 0 aromatic heterocycles. The van der Waals surface area contributed by atoms with Crippen LogP contribution in [-0.2, 0) is 0 Å². The van der Waals surface area contributed by atoms with Crippen LogP contribution in [0.25, 0.3) is 0 Å². The minimum absolute atomic E-state index is 0.322. The SMILES string of the molecule is C=C1[C@@H]2C=C[C@H]3C(C)=C(C)[C@@]1(C)[C@@H]3C2. The van der Waals surface area contributed by atoms with Crippen molar-refractivity contribution in [3.8, 4) is 0 Å². The third-order valence-corrected chi connectivity index (χ3v) is 5.22. The van der Waals surface area contributed by atoms with Gasteiger partial charge in [0.1, 0.15) is 0 Å². The van der Waals surface area contributed by atoms with Gasteiger partial charge in [0.15, 0.2) is 0 Å². The van der Waals surface area contributed by atoms with Crippen molar-refractivity contribution in [1.82, 2.24) is 0 Å². The number of rotatable bonds is 0. The van der Waals surface area contributed by atoms with E-state index in [1.807, 2.05) is 0 Å². The van der Waals surface area contributed by atoms with Crippen molar-refractivity contribution in [2.24, 2.45) is 23.2 Å². The lowest BCUT2D eigenvalue weighted by atomic mass is 9.74. The molecule has 0 saturated heterocycles. The lowest BCUT2D eigenvalue weighted by molar-refractivity contribution is 0.312. The fourth-order valence-corrected chi connectivity index (χ4v) is 3.99. The zero-order chi connectivity index (χ0) is 10.1. The standard InChI is InChI=1S/C14H18/c1-8-9(2)14(4)10(3)11-5-6-12(8)13(14)7-11/h5-6,11-13H,3,7H2,1-2,4H3/t11-,12+,13-,14-/m1/s1. The van der Waals surface area contributed by atoms with Crippen molar-refractivity contribution < 1.29 is 0 Å². The molecule has 0 nitrogen and oxygen atoms in total. The molecule has 0 heterocycles. The van der Waals surface area contributed by atoms with Gasteiger partial charge in [0.05, 0.1) is 0 Å². The Morgan fingerprint density at radius 1 is 1.36 bits per heavy atom. The van der Waals surface area contributed by atoms with Crippen LogP contribution < -0.4 is 0 Å². The number of hydrogen-bond donors (Lipinski definition) is 0. The van der Waals surface area contributed by atoms with Crippen molar-refractivity contribution in [2.75, 3.05) is 0 Å². The van der Waals surface area contributed by atoms with Crippen molar-refractivity contribution in [3.05, 3.63) is 35.5 Å². The summed E-state index contributed by atoms with van der Waals surface area (Å²) in [6.07, 6.45) is 6.16. The monoisotopic (exact) mass is 186 g/mol. The van der Waals surface area contributed by atoms with Crippen LogP contribution in [0.4, 0.5) is 0 Å². The minimum atomic E-state index is 0.322. The van der Waals surface area contributed by atoms with Gasteiger partial charge in [-0.2, -0.15) is 0 Å². The van der Waals surface area contributed by atoms with E-state index in [1.54, 1.807) is 11.1 Å². The summed E-state index contributed by atoms with van der Waals surface area (Å²) in [6, 6.07) is 0. The maximum Gasteiger partial charge on any atom is 0.0133 e. The second kappa shape index (κ2) is 2.24. The molecule has 0 spiro atoms. The lowest BCUT2D eigenvalue weighted by Gasteiger charge is -2.29. The fourth-order valence-electron chi connectivity index (χ4n) is 3.99. The molecule has 0 aliphatic heterocycles. The Hall–Kier alpha value is -0.780. The molecular weight excluding hydrogens is 168 g/mol. The second-order valence-corrected chi connectivity index (χ2v) is 5.39. The predicted molar refractivity (Wildman–Crippen MR) is 59.8 cm³/mol. The van der Waals surface area contributed by atoms with Gasteiger partial charge >= 0.3 is 0 Å². The van der Waals surface area contributed by atoms with Gasteiger partial charge in [0.25, 0.3) is 0 Å². The Bertz CT molecular complexity index is 383. The largest absolute Gasteiger partial charge is 0.0984 e. The van der Waals surface area contributed by atoms with E-state index < -0.39 is 0 Å². The second-order valence-electron chi connectivity index (χ2n) is 5.39. The molecular formula is C14H18. The van der Waals surface area contributed by atoms with E-state index in [-0.39, 0.29) is 0 Å². The average Bonchev–Trinajstić information content (AvgIpc) is 2.51. The fraction of sp³-hybridized carbons (Fsp3) is 0.571. The molecule has 3 aliphatic carbocycles. The molecule has 0 aromatic rings. The first-order chi connectivity index (χ1) is 6.56. The molecule has 3 rings (SSSR count). The maximum absolute atomic E-state index is 4.35. The summed E-state index contributed by atoms with van der Waals surface area (Å²) >= 11 is 0. The van der Waals surface area contributed by atoms with Gasteiger partial charge in [-0.05, 0) is 32.1 Å². The highest BCUT2D eigenvalue weighted by Gasteiger charge is 2.56. The maximum atomic E-state index is 4.35. The Kier molecular flexibility index (Phi) is 1.36. The minimum Gasteiger partial charge on any atom is -0.0984 e. The normalized spacial score (nSPS) is 49.4. The van der Waals surface area contributed by atoms with E-state index >= 15 is 0 Å². The Balaban J connectivity index is 2.27. The van der Waals surface area contributed by atoms with Gasteiger partial charge in [0.2, 0.25) is 0 Å². The predicted octanol–water partition coefficient (Wildman–Crippen LogP) is 3.72. The van der Waals surface area contributed by atoms with E-state index in [0.717, 1.165) is 11.8 Å². The first-order valence-electron chi connectivity index (χ1n) is 5.62. The molecule has 0 amide bonds. The number of hydrogen-bond acceptors (Lipinski definition) is 0. The molecule has 74 valence electrons. The number of allylic oxidation sites excluding steroid dienone is 5. The van der Waals surface area contributed by atoms with Crippen LogP contribution in [0.15, 0.2) is 35.5 Å². The molecule has 1 saturated carbocycles. The van der Waals surface area contributed by atoms with E-state index in [1.165, 1.54) is 12.0 Å². The Morgan fingerprint density at radius 2 is 2.07 bits per heavy atom. The van der Waals surface area contributed by atoms with Gasteiger partial charge in [-0.3, -0.25) is 0 Å². The van der Waals surface area contributed by atoms with Crippen LogP contribution in [0.1, 0.15) is 27.2 Å². The van der Waals surface area contributed by atoms with E-state index in [2.05, 4.69) is 39.5 Å². The van der Waals surface area contributed by atoms with Crippen LogP contribution in [-0.4, -0.2) is 0 Å². The van der Waals surface area contributed by atoms with Crippen molar-refractivity contribution in [1.29, 1.82) is 0 Å². The molecule has 0 aromatic carbocycles. The van der Waals surface area contributed by atoms with Gasteiger partial charge < -0.3 is 0 Å². The Morgan fingerprint density at radius 3 is 2.79 bits per heavy atom. The average molecular weight is 186 g/mol. The van der Waals surface area contributed by atoms with Crippen molar-refractivity contribution in [2.45, 2.75) is 27.2 Å². The highest BCUT2D eigenvalue weighted by atomic mass is 14.6. The summed E-state index contributed by atoms with van der Waals surface area (Å²) in [5.74, 6) is 2.21. The third kappa shape index (κ3) is 0.657. The first kappa shape index (κ1) is 8.52. The molecule has 0 heteroatoms. The van der Waals surface area contributed by atoms with E-state index in [4.69, 9.17) is 0 Å². The smallest absolute Gasteiger partial charge is 0.0133 e. The van der Waals surface area contributed by atoms with Crippen LogP contribution in [0.2, 0.25) is 0 Å². The topological polar surface area (TPSA) is 0 Å². The van der Waals surface area contributed by atoms with Crippen LogP contribution >= 0.6 is 0 Å². The molecule has 1 fully saturated rings. The molecule has 14 heavy (non-hydrogen) atoms. The summed E-state index contributed by atoms with van der Waals surface area (Å²) in [5, 5.41) is 0. The summed E-state index contributed by atoms with van der Waals surface area (Å²) in [4.78, 5) is 0. The Labute approximate surface area is 86.4 Å². The van der Waals surface area contributed by atoms with Crippen molar-refractivity contribution in [3.63, 3.8) is 0 Å². The zero-order valence-corrected chi connectivity index (χ0v) is 9.30. The van der Waals surface area contributed by atoms with E-state index in [9.17, 15) is 0 Å². The summed E-state index contributed by atoms with van der Waals surface area (Å²) in [7, 11) is 0. The lowest BCUT2D eigenvalue weighted by Crippen LogP contribution is -2.22. The summed E-state index contributed by atoms with van der Waals surface area (Å²) < 4.78 is 0.